The van der Waals surface area contributed by atoms with Crippen LogP contribution < -0.4 is 4.74 Å². The fraction of sp³-hybridized carbons (Fsp3) is 0.200. The van der Waals surface area contributed by atoms with Crippen LogP contribution in [-0.4, -0.2) is 24.6 Å². The highest BCUT2D eigenvalue weighted by atomic mass is 16.6. The molecule has 6 heteroatoms. The lowest BCUT2D eigenvalue weighted by molar-refractivity contribution is -0.145. The van der Waals surface area contributed by atoms with Gasteiger partial charge in [-0.25, -0.2) is 9.59 Å². The number of hydrogen-bond acceptors (Lipinski definition) is 6. The van der Waals surface area contributed by atoms with E-state index in [1.165, 1.54) is 0 Å². The number of carbonyl (C=O) groups excluding carboxylic acids is 2. The van der Waals surface area contributed by atoms with Gasteiger partial charge in [-0.1, -0.05) is 36.4 Å². The zero-order valence-corrected chi connectivity index (χ0v) is 13.8. The smallest absolute Gasteiger partial charge is 0.375 e. The predicted molar refractivity (Wildman–Crippen MR) is 91.8 cm³/mol. The van der Waals surface area contributed by atoms with Crippen molar-refractivity contribution in [3.63, 3.8) is 0 Å². The molecule has 2 heterocycles. The van der Waals surface area contributed by atoms with Gasteiger partial charge in [-0.2, -0.15) is 0 Å². The molecule has 3 aromatic rings. The van der Waals surface area contributed by atoms with Crippen molar-refractivity contribution in [1.82, 2.24) is 0 Å². The Balaban J connectivity index is 1.62. The summed E-state index contributed by atoms with van der Waals surface area (Å²) < 4.78 is 21.6. The van der Waals surface area contributed by atoms with Gasteiger partial charge in [0.15, 0.2) is 0 Å². The van der Waals surface area contributed by atoms with E-state index in [9.17, 15) is 9.59 Å². The number of ether oxygens (including phenoxy) is 3. The molecule has 0 aliphatic carbocycles. The monoisotopic (exact) mass is 352 g/mol. The summed E-state index contributed by atoms with van der Waals surface area (Å²) in [5.41, 5.74) is 1.14. The van der Waals surface area contributed by atoms with E-state index in [2.05, 4.69) is 0 Å². The number of para-hydroxylation sites is 2. The van der Waals surface area contributed by atoms with E-state index in [1.54, 1.807) is 6.07 Å². The molecule has 6 nitrogen and oxygen atoms in total. The fourth-order valence-corrected chi connectivity index (χ4v) is 2.85. The van der Waals surface area contributed by atoms with Crippen molar-refractivity contribution in [3.8, 4) is 5.75 Å². The maximum Gasteiger partial charge on any atom is 0.375 e. The van der Waals surface area contributed by atoms with Crippen molar-refractivity contribution in [2.75, 3.05) is 6.61 Å². The van der Waals surface area contributed by atoms with Crippen LogP contribution in [0.25, 0.3) is 11.0 Å². The van der Waals surface area contributed by atoms with E-state index >= 15 is 0 Å². The van der Waals surface area contributed by atoms with Crippen molar-refractivity contribution in [1.29, 1.82) is 0 Å². The first-order valence-corrected chi connectivity index (χ1v) is 8.28. The molecule has 0 amide bonds. The van der Waals surface area contributed by atoms with Gasteiger partial charge in [0.1, 0.15) is 17.9 Å². The normalized spacial score (nSPS) is 16.5. The maximum atomic E-state index is 12.6. The van der Waals surface area contributed by atoms with Crippen LogP contribution in [0, 0.1) is 0 Å². The van der Waals surface area contributed by atoms with Crippen molar-refractivity contribution in [3.05, 3.63) is 65.9 Å². The van der Waals surface area contributed by atoms with Crippen molar-refractivity contribution < 1.29 is 28.2 Å². The van der Waals surface area contributed by atoms with Crippen molar-refractivity contribution in [2.24, 2.45) is 0 Å². The average Bonchev–Trinajstić information content (AvgIpc) is 3.24. The lowest BCUT2D eigenvalue weighted by Gasteiger charge is -2.09. The fourth-order valence-electron chi connectivity index (χ4n) is 2.85. The molecule has 132 valence electrons. The standard InChI is InChI=1S/C20H16O6/c21-19-17(10-11-23-19)26-20(22)18-15(12-24-13-6-2-1-3-7-13)14-8-4-5-9-16(14)25-18/h1-9,17H,10-12H2/t17-/m0/s1. The Labute approximate surface area is 149 Å². The number of fused-ring (bicyclic) bond motifs is 1. The van der Waals surface area contributed by atoms with Gasteiger partial charge in [-0.05, 0) is 18.2 Å². The number of benzene rings is 2. The molecule has 0 spiro atoms. The molecule has 1 aromatic heterocycles. The van der Waals surface area contributed by atoms with Crippen LogP contribution in [0.4, 0.5) is 0 Å². The molecule has 2 aromatic carbocycles. The third kappa shape index (κ3) is 3.13. The van der Waals surface area contributed by atoms with Gasteiger partial charge in [-0.3, -0.25) is 0 Å². The van der Waals surface area contributed by atoms with Crippen LogP contribution in [0.2, 0.25) is 0 Å². The first-order chi connectivity index (χ1) is 12.7. The highest BCUT2D eigenvalue weighted by molar-refractivity contribution is 5.97. The highest BCUT2D eigenvalue weighted by Crippen LogP contribution is 2.28. The van der Waals surface area contributed by atoms with Gasteiger partial charge in [0.05, 0.1) is 12.2 Å². The molecule has 1 fully saturated rings. The zero-order valence-electron chi connectivity index (χ0n) is 13.8. The molecular weight excluding hydrogens is 336 g/mol. The Hall–Kier alpha value is -3.28. The molecule has 0 unspecified atom stereocenters. The van der Waals surface area contributed by atoms with E-state index in [1.807, 2.05) is 48.5 Å². The van der Waals surface area contributed by atoms with Gasteiger partial charge in [-0.15, -0.1) is 0 Å². The van der Waals surface area contributed by atoms with Crippen LogP contribution in [0.5, 0.6) is 5.75 Å². The van der Waals surface area contributed by atoms with E-state index < -0.39 is 18.0 Å². The summed E-state index contributed by atoms with van der Waals surface area (Å²) in [4.78, 5) is 24.1. The molecule has 0 saturated carbocycles. The molecular formula is C20H16O6. The Morgan fingerprint density at radius 2 is 1.85 bits per heavy atom. The molecule has 1 aliphatic rings. The molecule has 0 radical (unpaired) electrons. The van der Waals surface area contributed by atoms with Crippen molar-refractivity contribution >= 4 is 22.9 Å². The maximum absolute atomic E-state index is 12.6. The Bertz CT molecular complexity index is 943. The number of furan rings is 1. The summed E-state index contributed by atoms with van der Waals surface area (Å²) in [5.74, 6) is -0.508. The minimum Gasteiger partial charge on any atom is -0.489 e. The van der Waals surface area contributed by atoms with E-state index in [-0.39, 0.29) is 19.0 Å². The molecule has 26 heavy (non-hydrogen) atoms. The number of cyclic esters (lactones) is 1. The van der Waals surface area contributed by atoms with Gasteiger partial charge in [0.2, 0.25) is 11.9 Å². The van der Waals surface area contributed by atoms with Crippen molar-refractivity contribution in [2.45, 2.75) is 19.1 Å². The zero-order chi connectivity index (χ0) is 17.9. The predicted octanol–water partition coefficient (Wildman–Crippen LogP) is 3.48. The Morgan fingerprint density at radius 3 is 2.62 bits per heavy atom. The molecule has 0 N–H and O–H groups in total. The second kappa shape index (κ2) is 6.92. The minimum absolute atomic E-state index is 0.0434. The number of carbonyl (C=O) groups is 2. The number of rotatable bonds is 5. The number of hydrogen-bond donors (Lipinski definition) is 0. The van der Waals surface area contributed by atoms with Gasteiger partial charge in [0.25, 0.3) is 0 Å². The van der Waals surface area contributed by atoms with Gasteiger partial charge in [0, 0.05) is 11.8 Å². The number of esters is 2. The van der Waals surface area contributed by atoms with E-state index in [4.69, 9.17) is 18.6 Å². The summed E-state index contributed by atoms with van der Waals surface area (Å²) in [6.45, 7) is 0.390. The van der Waals surface area contributed by atoms with E-state index in [0.29, 0.717) is 23.3 Å². The SMILES string of the molecule is O=C(O[C@H]1CCOC1=O)c1oc2ccccc2c1COc1ccccc1. The van der Waals surface area contributed by atoms with Crippen LogP contribution in [0.1, 0.15) is 22.5 Å². The summed E-state index contributed by atoms with van der Waals surface area (Å²) in [6.07, 6.45) is -0.542. The molecule has 1 atom stereocenters. The summed E-state index contributed by atoms with van der Waals surface area (Å²) in [6, 6.07) is 16.6. The largest absolute Gasteiger partial charge is 0.489 e. The summed E-state index contributed by atoms with van der Waals surface area (Å²) >= 11 is 0. The first kappa shape index (κ1) is 16.2. The second-order valence-electron chi connectivity index (χ2n) is 5.86. The summed E-state index contributed by atoms with van der Waals surface area (Å²) in [5, 5.41) is 0.768. The van der Waals surface area contributed by atoms with E-state index in [0.717, 1.165) is 5.39 Å². The highest BCUT2D eigenvalue weighted by Gasteiger charge is 2.33. The average molecular weight is 352 g/mol. The molecule has 1 saturated heterocycles. The molecule has 0 bridgehead atoms. The minimum atomic E-state index is -0.890. The quantitative estimate of drug-likeness (QED) is 0.655. The topological polar surface area (TPSA) is 75.0 Å². The van der Waals surface area contributed by atoms with Crippen LogP contribution in [0.3, 0.4) is 0 Å². The van der Waals surface area contributed by atoms with Crippen LogP contribution >= 0.6 is 0 Å². The van der Waals surface area contributed by atoms with Gasteiger partial charge >= 0.3 is 11.9 Å². The Morgan fingerprint density at radius 1 is 1.08 bits per heavy atom. The third-order valence-electron chi connectivity index (χ3n) is 4.15. The molecule has 1 aliphatic heterocycles. The first-order valence-electron chi connectivity index (χ1n) is 8.28. The summed E-state index contributed by atoms with van der Waals surface area (Å²) in [7, 11) is 0. The Kier molecular flexibility index (Phi) is 4.31. The second-order valence-corrected chi connectivity index (χ2v) is 5.86. The van der Waals surface area contributed by atoms with Crippen LogP contribution in [-0.2, 0) is 20.9 Å². The van der Waals surface area contributed by atoms with Gasteiger partial charge < -0.3 is 18.6 Å². The van der Waals surface area contributed by atoms with Crippen LogP contribution in [0.15, 0.2) is 59.0 Å². The molecule has 4 rings (SSSR count). The lowest BCUT2D eigenvalue weighted by Crippen LogP contribution is -2.23. The lowest BCUT2D eigenvalue weighted by atomic mass is 10.1. The third-order valence-corrected chi connectivity index (χ3v) is 4.15.